The maximum atomic E-state index is 12.6. The number of carbonyl (C=O) groups is 1. The number of nitrogens with zero attached hydrogens (tertiary/aromatic N) is 2. The second-order valence-corrected chi connectivity index (χ2v) is 6.95. The number of amides is 1. The van der Waals surface area contributed by atoms with E-state index in [9.17, 15) is 4.79 Å². The van der Waals surface area contributed by atoms with Crippen LogP contribution in [0.3, 0.4) is 0 Å². The zero-order valence-corrected chi connectivity index (χ0v) is 13.2. The summed E-state index contributed by atoms with van der Waals surface area (Å²) in [5.74, 6) is 1.43. The van der Waals surface area contributed by atoms with Crippen molar-refractivity contribution in [2.75, 3.05) is 33.2 Å². The van der Waals surface area contributed by atoms with Crippen LogP contribution in [0.5, 0.6) is 0 Å². The number of benzene rings is 1. The maximum absolute atomic E-state index is 12.6. The van der Waals surface area contributed by atoms with Gasteiger partial charge in [-0.05, 0) is 44.5 Å². The van der Waals surface area contributed by atoms with Crippen molar-refractivity contribution in [3.05, 3.63) is 35.9 Å². The fourth-order valence-electron chi connectivity index (χ4n) is 4.95. The van der Waals surface area contributed by atoms with E-state index in [1.54, 1.807) is 0 Å². The standard InChI is InChI=1S/C18H25N3O/c1-19-11-16(22)21-12-15(13-5-3-2-4-6-13)18-17(21)14-7-9-20(18)10-8-14/h2-6,14-15,17-19H,7-12H2,1H3/t15-,17+,18+/m0/s1. The van der Waals surface area contributed by atoms with Crippen LogP contribution in [-0.4, -0.2) is 61.0 Å². The largest absolute Gasteiger partial charge is 0.336 e. The monoisotopic (exact) mass is 299 g/mol. The topological polar surface area (TPSA) is 35.6 Å². The molecule has 22 heavy (non-hydrogen) atoms. The number of fused-ring (bicyclic) bond motifs is 2. The number of nitrogens with one attached hydrogen (secondary N) is 1. The first-order chi connectivity index (χ1) is 10.8. The molecule has 4 heteroatoms. The van der Waals surface area contributed by atoms with E-state index in [2.05, 4.69) is 45.4 Å². The maximum Gasteiger partial charge on any atom is 0.236 e. The Morgan fingerprint density at radius 2 is 1.91 bits per heavy atom. The zero-order valence-electron chi connectivity index (χ0n) is 13.2. The van der Waals surface area contributed by atoms with Gasteiger partial charge in [0.2, 0.25) is 5.91 Å². The number of rotatable bonds is 3. The van der Waals surface area contributed by atoms with Crippen LogP contribution in [-0.2, 0) is 4.79 Å². The van der Waals surface area contributed by atoms with Gasteiger partial charge >= 0.3 is 0 Å². The van der Waals surface area contributed by atoms with E-state index in [0.717, 1.165) is 6.54 Å². The first kappa shape index (κ1) is 14.2. The van der Waals surface area contributed by atoms with Crippen LogP contribution >= 0.6 is 0 Å². The Morgan fingerprint density at radius 3 is 2.59 bits per heavy atom. The smallest absolute Gasteiger partial charge is 0.236 e. The lowest BCUT2D eigenvalue weighted by Gasteiger charge is -2.51. The molecule has 1 N–H and O–H groups in total. The summed E-state index contributed by atoms with van der Waals surface area (Å²) in [6.45, 7) is 3.76. The molecule has 0 saturated carbocycles. The SMILES string of the molecule is CNCC(=O)N1C[C@@H](c2ccccc2)[C@@H]2[C@H]1C1CCN2CC1. The first-order valence-electron chi connectivity index (χ1n) is 8.52. The molecule has 3 atom stereocenters. The molecule has 0 unspecified atom stereocenters. The molecular formula is C18H25N3O. The van der Waals surface area contributed by atoms with E-state index >= 15 is 0 Å². The first-order valence-corrected chi connectivity index (χ1v) is 8.52. The third-order valence-electron chi connectivity index (χ3n) is 5.87. The van der Waals surface area contributed by atoms with Gasteiger partial charge in [-0.15, -0.1) is 0 Å². The number of carbonyl (C=O) groups excluding carboxylic acids is 1. The van der Waals surface area contributed by atoms with E-state index in [0.29, 0.717) is 30.5 Å². The molecule has 0 radical (unpaired) electrons. The van der Waals surface area contributed by atoms with Gasteiger partial charge in [0.15, 0.2) is 0 Å². The average Bonchev–Trinajstić information content (AvgIpc) is 3.00. The molecule has 5 rings (SSSR count). The lowest BCUT2D eigenvalue weighted by molar-refractivity contribution is -0.134. The fraction of sp³-hybridized carbons (Fsp3) is 0.611. The average molecular weight is 299 g/mol. The van der Waals surface area contributed by atoms with Gasteiger partial charge in [0, 0.05) is 18.5 Å². The minimum Gasteiger partial charge on any atom is -0.336 e. The van der Waals surface area contributed by atoms with E-state index < -0.39 is 0 Å². The molecule has 1 amide bonds. The fourth-order valence-corrected chi connectivity index (χ4v) is 4.95. The second-order valence-electron chi connectivity index (χ2n) is 6.95. The molecule has 2 bridgehead atoms. The Bertz CT molecular complexity index is 539. The minimum absolute atomic E-state index is 0.268. The van der Waals surface area contributed by atoms with Gasteiger partial charge in [0.1, 0.15) is 0 Å². The van der Waals surface area contributed by atoms with Gasteiger partial charge in [-0.3, -0.25) is 9.69 Å². The van der Waals surface area contributed by atoms with Crippen LogP contribution in [0.25, 0.3) is 0 Å². The molecule has 0 aromatic heterocycles. The lowest BCUT2D eigenvalue weighted by atomic mass is 9.75. The Morgan fingerprint density at radius 1 is 1.18 bits per heavy atom. The molecular weight excluding hydrogens is 274 g/mol. The lowest BCUT2D eigenvalue weighted by Crippen LogP contribution is -2.61. The highest BCUT2D eigenvalue weighted by Crippen LogP contribution is 2.46. The summed E-state index contributed by atoms with van der Waals surface area (Å²) < 4.78 is 0. The van der Waals surface area contributed by atoms with Crippen molar-refractivity contribution in [1.29, 1.82) is 0 Å². The second kappa shape index (κ2) is 5.67. The summed E-state index contributed by atoms with van der Waals surface area (Å²) >= 11 is 0. The Balaban J connectivity index is 1.68. The molecule has 4 nitrogen and oxygen atoms in total. The van der Waals surface area contributed by atoms with Gasteiger partial charge in [0.25, 0.3) is 0 Å². The molecule has 4 aliphatic rings. The van der Waals surface area contributed by atoms with Crippen LogP contribution in [0.1, 0.15) is 24.3 Å². The van der Waals surface area contributed by atoms with Gasteiger partial charge in [-0.25, -0.2) is 0 Å². The summed E-state index contributed by atoms with van der Waals surface area (Å²) in [4.78, 5) is 17.4. The highest BCUT2D eigenvalue weighted by atomic mass is 16.2. The molecule has 0 spiro atoms. The van der Waals surface area contributed by atoms with Crippen molar-refractivity contribution in [2.45, 2.75) is 30.8 Å². The highest BCUT2D eigenvalue weighted by molar-refractivity contribution is 5.79. The van der Waals surface area contributed by atoms with Crippen LogP contribution in [0, 0.1) is 5.92 Å². The predicted octanol–water partition coefficient (Wildman–Crippen LogP) is 1.29. The Hall–Kier alpha value is -1.39. The van der Waals surface area contributed by atoms with Crippen molar-refractivity contribution >= 4 is 5.91 Å². The van der Waals surface area contributed by atoms with Crippen molar-refractivity contribution in [3.8, 4) is 0 Å². The summed E-state index contributed by atoms with van der Waals surface area (Å²) in [5.41, 5.74) is 1.39. The van der Waals surface area contributed by atoms with Gasteiger partial charge in [0.05, 0.1) is 12.6 Å². The van der Waals surface area contributed by atoms with Gasteiger partial charge < -0.3 is 10.2 Å². The molecule has 0 aliphatic carbocycles. The molecule has 1 aromatic carbocycles. The Kier molecular flexibility index (Phi) is 3.66. The quantitative estimate of drug-likeness (QED) is 0.914. The minimum atomic E-state index is 0.268. The van der Waals surface area contributed by atoms with E-state index in [1.807, 2.05) is 7.05 Å². The van der Waals surface area contributed by atoms with E-state index in [4.69, 9.17) is 0 Å². The third kappa shape index (κ3) is 2.17. The number of likely N-dealkylation sites (N-methyl/N-ethyl adjacent to an activating group) is 1. The molecule has 4 aliphatic heterocycles. The van der Waals surface area contributed by atoms with Crippen LogP contribution in [0.4, 0.5) is 0 Å². The number of piperidine rings is 3. The molecule has 118 valence electrons. The number of hydrogen-bond acceptors (Lipinski definition) is 3. The van der Waals surface area contributed by atoms with Crippen molar-refractivity contribution < 1.29 is 4.79 Å². The summed E-state index contributed by atoms with van der Waals surface area (Å²) in [6.07, 6.45) is 2.51. The highest BCUT2D eigenvalue weighted by Gasteiger charge is 2.54. The molecule has 4 saturated heterocycles. The number of likely N-dealkylation sites (tertiary alicyclic amines) is 1. The summed E-state index contributed by atoms with van der Waals surface area (Å²) in [7, 11) is 1.86. The van der Waals surface area contributed by atoms with E-state index in [1.165, 1.54) is 31.5 Å². The van der Waals surface area contributed by atoms with Crippen molar-refractivity contribution in [2.24, 2.45) is 5.92 Å². The van der Waals surface area contributed by atoms with E-state index in [-0.39, 0.29) is 5.91 Å². The van der Waals surface area contributed by atoms with Gasteiger partial charge in [-0.2, -0.15) is 0 Å². The molecule has 4 fully saturated rings. The van der Waals surface area contributed by atoms with Crippen LogP contribution < -0.4 is 5.32 Å². The summed E-state index contributed by atoms with van der Waals surface area (Å²) in [5, 5.41) is 3.03. The Labute approximate surface area is 132 Å². The van der Waals surface area contributed by atoms with Crippen LogP contribution in [0.15, 0.2) is 30.3 Å². The third-order valence-corrected chi connectivity index (χ3v) is 5.87. The van der Waals surface area contributed by atoms with Crippen LogP contribution in [0.2, 0.25) is 0 Å². The normalized spacial score (nSPS) is 36.4. The number of hydrogen-bond donors (Lipinski definition) is 1. The van der Waals surface area contributed by atoms with Gasteiger partial charge in [-0.1, -0.05) is 30.3 Å². The summed E-state index contributed by atoms with van der Waals surface area (Å²) in [6, 6.07) is 11.7. The molecule has 4 heterocycles. The van der Waals surface area contributed by atoms with Crippen molar-refractivity contribution in [1.82, 2.24) is 15.1 Å². The zero-order chi connectivity index (χ0) is 15.1. The molecule has 1 aromatic rings. The van der Waals surface area contributed by atoms with Crippen molar-refractivity contribution in [3.63, 3.8) is 0 Å². The predicted molar refractivity (Wildman–Crippen MR) is 86.7 cm³/mol.